The van der Waals surface area contributed by atoms with Crippen molar-refractivity contribution in [1.29, 1.82) is 0 Å². The second-order valence-corrected chi connectivity index (χ2v) is 12.1. The van der Waals surface area contributed by atoms with Crippen LogP contribution in [0.4, 0.5) is 0 Å². The molecule has 162 valence electrons. The van der Waals surface area contributed by atoms with Gasteiger partial charge in [-0.3, -0.25) is 0 Å². The number of allylic oxidation sites excluding steroid dienone is 4. The summed E-state index contributed by atoms with van der Waals surface area (Å²) in [6.45, 7) is 6.72. The van der Waals surface area contributed by atoms with E-state index in [4.69, 9.17) is 4.18 Å². The van der Waals surface area contributed by atoms with Gasteiger partial charge in [-0.2, -0.15) is 8.42 Å². The first kappa shape index (κ1) is 20.4. The fourth-order valence-corrected chi connectivity index (χ4v) is 8.29. The lowest BCUT2D eigenvalue weighted by atomic mass is 9.48. The number of fused-ring (bicyclic) bond motifs is 5. The summed E-state index contributed by atoms with van der Waals surface area (Å²) in [4.78, 5) is 0.245. The Kier molecular flexibility index (Phi) is 4.74. The minimum absolute atomic E-state index is 0.171. The van der Waals surface area contributed by atoms with E-state index in [1.165, 1.54) is 32.1 Å². The lowest BCUT2D eigenvalue weighted by Gasteiger charge is -2.57. The first-order valence-electron chi connectivity index (χ1n) is 11.7. The molecule has 0 unspecified atom stereocenters. The highest BCUT2D eigenvalue weighted by Gasteiger charge is 2.57. The quantitative estimate of drug-likeness (QED) is 0.407. The van der Waals surface area contributed by atoms with Crippen molar-refractivity contribution in [2.24, 2.45) is 28.6 Å². The number of rotatable bonds is 3. The molecule has 4 aliphatic carbocycles. The highest BCUT2D eigenvalue weighted by Crippen LogP contribution is 2.65. The van der Waals surface area contributed by atoms with Crippen molar-refractivity contribution in [1.82, 2.24) is 0 Å². The standard InChI is InChI=1S/C26H34O3S/c1-18-7-10-20(11-8-18)30(27,28)29-24-14-13-22-21-12-9-19-6-4-5-16-25(19,2)23(21)15-17-26(22,24)3/h7-11,14,21-23H,4-6,12-13,15-17H2,1-3H3/t21-,22-,23-,25-,26-/m0/s1. The molecule has 0 aromatic heterocycles. The Morgan fingerprint density at radius 2 is 1.70 bits per heavy atom. The second kappa shape index (κ2) is 6.98. The van der Waals surface area contributed by atoms with Gasteiger partial charge in [0.2, 0.25) is 0 Å². The normalized spacial score (nSPS) is 38.0. The monoisotopic (exact) mass is 426 g/mol. The van der Waals surface area contributed by atoms with Gasteiger partial charge in [-0.25, -0.2) is 0 Å². The number of hydrogen-bond donors (Lipinski definition) is 0. The molecule has 2 saturated carbocycles. The lowest BCUT2D eigenvalue weighted by molar-refractivity contribution is -0.0266. The smallest absolute Gasteiger partial charge is 0.338 e. The molecule has 0 spiro atoms. The Bertz CT molecular complexity index is 1000. The largest absolute Gasteiger partial charge is 0.383 e. The van der Waals surface area contributed by atoms with Crippen molar-refractivity contribution < 1.29 is 12.6 Å². The molecule has 0 amide bonds. The maximum Gasteiger partial charge on any atom is 0.338 e. The van der Waals surface area contributed by atoms with Crippen LogP contribution < -0.4 is 0 Å². The Morgan fingerprint density at radius 3 is 2.47 bits per heavy atom. The summed E-state index contributed by atoms with van der Waals surface area (Å²) < 4.78 is 31.8. The van der Waals surface area contributed by atoms with E-state index in [2.05, 4.69) is 26.0 Å². The molecule has 30 heavy (non-hydrogen) atoms. The zero-order chi connectivity index (χ0) is 21.1. The van der Waals surface area contributed by atoms with E-state index in [0.717, 1.165) is 30.7 Å². The van der Waals surface area contributed by atoms with Crippen LogP contribution in [0.5, 0.6) is 0 Å². The van der Waals surface area contributed by atoms with E-state index in [0.29, 0.717) is 23.0 Å². The molecule has 1 aromatic carbocycles. The number of hydrogen-bond acceptors (Lipinski definition) is 3. The van der Waals surface area contributed by atoms with Crippen LogP contribution in [0.2, 0.25) is 0 Å². The molecule has 3 nitrogen and oxygen atoms in total. The summed E-state index contributed by atoms with van der Waals surface area (Å²) in [7, 11) is -3.79. The minimum Gasteiger partial charge on any atom is -0.383 e. The molecule has 0 radical (unpaired) electrons. The van der Waals surface area contributed by atoms with Gasteiger partial charge >= 0.3 is 10.1 Å². The fraction of sp³-hybridized carbons (Fsp3) is 0.615. The minimum atomic E-state index is -3.79. The Labute approximate surface area is 181 Å². The molecule has 2 fully saturated rings. The molecule has 5 atom stereocenters. The molecule has 0 aliphatic heterocycles. The van der Waals surface area contributed by atoms with E-state index < -0.39 is 10.1 Å². The van der Waals surface area contributed by atoms with Gasteiger partial charge in [0.15, 0.2) is 0 Å². The Morgan fingerprint density at radius 1 is 0.933 bits per heavy atom. The number of benzene rings is 1. The summed E-state index contributed by atoms with van der Waals surface area (Å²) >= 11 is 0. The van der Waals surface area contributed by atoms with Crippen LogP contribution in [0.15, 0.2) is 52.6 Å². The van der Waals surface area contributed by atoms with Crippen LogP contribution in [0, 0.1) is 35.5 Å². The maximum absolute atomic E-state index is 13.0. The van der Waals surface area contributed by atoms with Crippen LogP contribution in [0.3, 0.4) is 0 Å². The molecule has 0 bridgehead atoms. The van der Waals surface area contributed by atoms with Crippen molar-refractivity contribution in [2.45, 2.75) is 77.0 Å². The van der Waals surface area contributed by atoms with Crippen molar-refractivity contribution in [3.63, 3.8) is 0 Å². The molecule has 0 saturated heterocycles. The third-order valence-corrected chi connectivity index (χ3v) is 10.3. The van der Waals surface area contributed by atoms with Crippen molar-refractivity contribution in [3.05, 3.63) is 53.3 Å². The Hall–Kier alpha value is -1.55. The zero-order valence-electron chi connectivity index (χ0n) is 18.5. The van der Waals surface area contributed by atoms with E-state index in [1.807, 2.05) is 19.1 Å². The SMILES string of the molecule is Cc1ccc(S(=O)(=O)OC2=CC[C@H]3[C@@H]4CC=C5CCCC[C@]5(C)[C@H]4CC[C@]23C)cc1. The molecular formula is C26H34O3S. The van der Waals surface area contributed by atoms with Crippen LogP contribution in [-0.2, 0) is 14.3 Å². The summed E-state index contributed by atoms with van der Waals surface area (Å²) in [5.74, 6) is 2.54. The summed E-state index contributed by atoms with van der Waals surface area (Å²) in [5.41, 5.74) is 2.94. The van der Waals surface area contributed by atoms with E-state index in [1.54, 1.807) is 17.7 Å². The van der Waals surface area contributed by atoms with Gasteiger partial charge in [0.05, 0.1) is 0 Å². The molecule has 0 heterocycles. The second-order valence-electron chi connectivity index (χ2n) is 10.6. The van der Waals surface area contributed by atoms with Gasteiger partial charge in [0.25, 0.3) is 0 Å². The molecule has 1 aromatic rings. The van der Waals surface area contributed by atoms with E-state index in [9.17, 15) is 8.42 Å². The third kappa shape index (κ3) is 3.01. The van der Waals surface area contributed by atoms with Gasteiger partial charge in [-0.1, -0.05) is 49.6 Å². The lowest BCUT2D eigenvalue weighted by Crippen LogP contribution is -2.49. The van der Waals surface area contributed by atoms with Crippen molar-refractivity contribution >= 4 is 10.1 Å². The molecule has 0 N–H and O–H groups in total. The predicted octanol–water partition coefficient (Wildman–Crippen LogP) is 6.55. The molecular weight excluding hydrogens is 392 g/mol. The van der Waals surface area contributed by atoms with Crippen LogP contribution >= 0.6 is 0 Å². The van der Waals surface area contributed by atoms with Crippen LogP contribution in [0.25, 0.3) is 0 Å². The van der Waals surface area contributed by atoms with Crippen molar-refractivity contribution in [3.8, 4) is 0 Å². The summed E-state index contributed by atoms with van der Waals surface area (Å²) in [5, 5.41) is 0. The Balaban J connectivity index is 1.40. The predicted molar refractivity (Wildman–Crippen MR) is 119 cm³/mol. The first-order valence-corrected chi connectivity index (χ1v) is 13.1. The maximum atomic E-state index is 13.0. The van der Waals surface area contributed by atoms with Gasteiger partial charge in [-0.15, -0.1) is 0 Å². The zero-order valence-corrected chi connectivity index (χ0v) is 19.3. The van der Waals surface area contributed by atoms with E-state index >= 15 is 0 Å². The first-order chi connectivity index (χ1) is 14.2. The average molecular weight is 427 g/mol. The molecule has 4 aliphatic rings. The highest BCUT2D eigenvalue weighted by atomic mass is 32.2. The van der Waals surface area contributed by atoms with Crippen LogP contribution in [-0.4, -0.2) is 8.42 Å². The molecule has 4 heteroatoms. The average Bonchev–Trinajstić information content (AvgIpc) is 3.03. The van der Waals surface area contributed by atoms with Gasteiger partial charge in [0.1, 0.15) is 10.7 Å². The van der Waals surface area contributed by atoms with Gasteiger partial charge < -0.3 is 4.18 Å². The van der Waals surface area contributed by atoms with Crippen molar-refractivity contribution in [2.75, 3.05) is 0 Å². The highest BCUT2D eigenvalue weighted by molar-refractivity contribution is 7.86. The van der Waals surface area contributed by atoms with E-state index in [-0.39, 0.29) is 10.3 Å². The summed E-state index contributed by atoms with van der Waals surface area (Å²) in [6, 6.07) is 6.94. The fourth-order valence-electron chi connectivity index (χ4n) is 7.23. The number of aryl methyl sites for hydroxylation is 1. The summed E-state index contributed by atoms with van der Waals surface area (Å²) in [6.07, 6.45) is 14.2. The molecule has 5 rings (SSSR count). The third-order valence-electron chi connectivity index (χ3n) is 9.04. The van der Waals surface area contributed by atoms with Gasteiger partial charge in [0, 0.05) is 5.41 Å². The van der Waals surface area contributed by atoms with Gasteiger partial charge in [-0.05, 0) is 93.2 Å². The van der Waals surface area contributed by atoms with Crippen LogP contribution in [0.1, 0.15) is 70.8 Å². The topological polar surface area (TPSA) is 43.4 Å².